The summed E-state index contributed by atoms with van der Waals surface area (Å²) in [5.74, 6) is 0.553. The van der Waals surface area contributed by atoms with Gasteiger partial charge in [-0.15, -0.1) is 0 Å². The van der Waals surface area contributed by atoms with Gasteiger partial charge in [-0.25, -0.2) is 12.8 Å². The second kappa shape index (κ2) is 11.2. The highest BCUT2D eigenvalue weighted by molar-refractivity contribution is 7.89. The Balaban J connectivity index is 0.975. The van der Waals surface area contributed by atoms with Gasteiger partial charge in [0.2, 0.25) is 10.0 Å². The average Bonchev–Trinajstić information content (AvgIpc) is 3.47. The third kappa shape index (κ3) is 6.03. The molecule has 6 rings (SSSR count). The summed E-state index contributed by atoms with van der Waals surface area (Å²) >= 11 is 0. The molecule has 3 atom stereocenters. The van der Waals surface area contributed by atoms with E-state index in [4.69, 9.17) is 9.26 Å². The van der Waals surface area contributed by atoms with Gasteiger partial charge in [0.15, 0.2) is 5.69 Å². The van der Waals surface area contributed by atoms with Gasteiger partial charge < -0.3 is 19.9 Å². The highest BCUT2D eigenvalue weighted by Crippen LogP contribution is 2.39. The molecule has 12 heteroatoms. The Morgan fingerprint density at radius 3 is 2.44 bits per heavy atom. The Morgan fingerprint density at radius 1 is 1.05 bits per heavy atom. The van der Waals surface area contributed by atoms with Crippen molar-refractivity contribution in [2.45, 2.75) is 88.0 Å². The number of fused-ring (bicyclic) bond motifs is 2. The van der Waals surface area contributed by atoms with Crippen molar-refractivity contribution >= 4 is 15.9 Å². The predicted molar refractivity (Wildman–Crippen MR) is 140 cm³/mol. The summed E-state index contributed by atoms with van der Waals surface area (Å²) in [7, 11) is -3.39. The molecule has 10 nitrogen and oxygen atoms in total. The van der Waals surface area contributed by atoms with Crippen LogP contribution in [0, 0.1) is 11.7 Å². The van der Waals surface area contributed by atoms with Crippen LogP contribution in [0.4, 0.5) is 4.39 Å². The molecule has 0 radical (unpaired) electrons. The lowest BCUT2D eigenvalue weighted by Crippen LogP contribution is -2.53. The fraction of sp³-hybridized carbons (Fsp3) is 0.667. The molecule has 2 N–H and O–H groups in total. The first-order valence-corrected chi connectivity index (χ1v) is 15.6. The van der Waals surface area contributed by atoms with Gasteiger partial charge in [0, 0.05) is 36.8 Å². The number of amides is 1. The number of nitrogens with one attached hydrogen (secondary N) is 2. The Kier molecular flexibility index (Phi) is 7.71. The number of pyridine rings is 1. The monoisotopic (exact) mass is 561 g/mol. The summed E-state index contributed by atoms with van der Waals surface area (Å²) in [4.78, 5) is 16.9. The van der Waals surface area contributed by atoms with Crippen LogP contribution in [0.1, 0.15) is 79.2 Å². The molecule has 39 heavy (non-hydrogen) atoms. The molecule has 1 amide bonds. The number of aromatic nitrogens is 2. The van der Waals surface area contributed by atoms with E-state index in [-0.39, 0.29) is 53.1 Å². The molecule has 4 aliphatic rings. The zero-order chi connectivity index (χ0) is 27.0. The van der Waals surface area contributed by atoms with E-state index in [1.807, 2.05) is 0 Å². The minimum atomic E-state index is -3.39. The van der Waals surface area contributed by atoms with E-state index in [0.29, 0.717) is 44.4 Å². The van der Waals surface area contributed by atoms with Crippen LogP contribution in [0.15, 0.2) is 28.9 Å². The van der Waals surface area contributed by atoms with E-state index in [9.17, 15) is 17.6 Å². The van der Waals surface area contributed by atoms with Crippen molar-refractivity contribution in [2.75, 3.05) is 19.0 Å². The Hall–Kier alpha value is -2.41. The first-order valence-electron chi connectivity index (χ1n) is 14.0. The van der Waals surface area contributed by atoms with Gasteiger partial charge in [0.05, 0.1) is 36.8 Å². The van der Waals surface area contributed by atoms with Crippen molar-refractivity contribution in [3.05, 3.63) is 47.4 Å². The van der Waals surface area contributed by atoms with Crippen LogP contribution in [-0.4, -0.2) is 71.9 Å². The molecule has 3 saturated heterocycles. The van der Waals surface area contributed by atoms with Crippen LogP contribution in [0.2, 0.25) is 0 Å². The van der Waals surface area contributed by atoms with Crippen LogP contribution < -0.4 is 10.6 Å². The summed E-state index contributed by atoms with van der Waals surface area (Å²) in [6.07, 6.45) is 7.69. The second-order valence-electron chi connectivity index (χ2n) is 11.6. The van der Waals surface area contributed by atoms with Gasteiger partial charge in [-0.05, 0) is 69.4 Å². The summed E-state index contributed by atoms with van der Waals surface area (Å²) in [6, 6.07) is 4.87. The molecule has 3 aliphatic heterocycles. The van der Waals surface area contributed by atoms with Crippen molar-refractivity contribution in [3.63, 3.8) is 0 Å². The van der Waals surface area contributed by atoms with Crippen molar-refractivity contribution < 1.29 is 26.9 Å². The number of hydrogen-bond donors (Lipinski definition) is 2. The number of carbonyl (C=O) groups is 1. The van der Waals surface area contributed by atoms with Gasteiger partial charge in [0.1, 0.15) is 11.6 Å². The molecule has 1 unspecified atom stereocenters. The second-order valence-corrected chi connectivity index (χ2v) is 13.5. The maximum Gasteiger partial charge on any atom is 0.273 e. The summed E-state index contributed by atoms with van der Waals surface area (Å²) in [6.45, 7) is 1.75. The molecular formula is C27H36FN5O5S. The molecule has 212 valence electrons. The zero-order valence-corrected chi connectivity index (χ0v) is 22.7. The molecule has 0 spiro atoms. The predicted octanol–water partition coefficient (Wildman–Crippen LogP) is 2.73. The number of nitrogens with zero attached hydrogens (tertiary/aromatic N) is 3. The van der Waals surface area contributed by atoms with E-state index < -0.39 is 10.0 Å². The highest BCUT2D eigenvalue weighted by atomic mass is 32.2. The van der Waals surface area contributed by atoms with Crippen molar-refractivity contribution in [1.82, 2.24) is 25.1 Å². The van der Waals surface area contributed by atoms with Crippen LogP contribution in [-0.2, 0) is 21.3 Å². The van der Waals surface area contributed by atoms with Crippen molar-refractivity contribution in [2.24, 2.45) is 5.92 Å². The van der Waals surface area contributed by atoms with Crippen LogP contribution in [0.5, 0.6) is 0 Å². The average molecular weight is 562 g/mol. The van der Waals surface area contributed by atoms with Gasteiger partial charge in [0.25, 0.3) is 5.91 Å². The van der Waals surface area contributed by atoms with Gasteiger partial charge in [-0.2, -0.15) is 4.31 Å². The molecule has 0 aromatic carbocycles. The standard InChI is InChI=1S/C27H36FN5O5S/c28-19-3-6-21(29-12-19)13-30-20-4-1-17(2-5-20)16-39(35,36)33-23-7-8-24(33)10-22(9-23)31-27(34)25-11-26(38-32-25)18-14-37-15-18/h3,6,11-12,17-18,20,22-24,30H,1-2,4-5,7-10,13-16H2,(H,31,34)/t17?,20?,22?,23-,24+. The van der Waals surface area contributed by atoms with Gasteiger partial charge in [-0.1, -0.05) is 5.16 Å². The third-order valence-corrected chi connectivity index (χ3v) is 10.9. The van der Waals surface area contributed by atoms with Crippen LogP contribution in [0.3, 0.4) is 0 Å². The van der Waals surface area contributed by atoms with Crippen LogP contribution >= 0.6 is 0 Å². The Bertz CT molecular complexity index is 1250. The number of carbonyl (C=O) groups excluding carboxylic acids is 1. The van der Waals surface area contributed by atoms with Crippen LogP contribution in [0.25, 0.3) is 0 Å². The van der Waals surface area contributed by atoms with Crippen molar-refractivity contribution in [3.8, 4) is 0 Å². The van der Waals surface area contributed by atoms with E-state index in [1.54, 1.807) is 16.4 Å². The first kappa shape index (κ1) is 26.8. The minimum Gasteiger partial charge on any atom is -0.380 e. The van der Waals surface area contributed by atoms with E-state index in [2.05, 4.69) is 20.8 Å². The number of piperidine rings is 1. The van der Waals surface area contributed by atoms with E-state index in [1.165, 1.54) is 12.3 Å². The lowest BCUT2D eigenvalue weighted by atomic mass is 9.87. The Labute approximate surface area is 228 Å². The molecule has 4 fully saturated rings. The fourth-order valence-corrected chi connectivity index (χ4v) is 9.02. The summed E-state index contributed by atoms with van der Waals surface area (Å²) < 4.78 is 52.4. The minimum absolute atomic E-state index is 0.0692. The summed E-state index contributed by atoms with van der Waals surface area (Å²) in [5, 5.41) is 10.5. The normalized spacial score (nSPS) is 29.7. The lowest BCUT2D eigenvalue weighted by Gasteiger charge is -2.39. The maximum absolute atomic E-state index is 13.5. The first-order chi connectivity index (χ1) is 18.8. The van der Waals surface area contributed by atoms with E-state index in [0.717, 1.165) is 44.2 Å². The molecular weight excluding hydrogens is 525 g/mol. The summed E-state index contributed by atoms with van der Waals surface area (Å²) in [5.41, 5.74) is 1.06. The zero-order valence-electron chi connectivity index (χ0n) is 21.9. The highest BCUT2D eigenvalue weighted by Gasteiger charge is 2.47. The molecule has 1 saturated carbocycles. The molecule has 1 aliphatic carbocycles. The molecule has 2 aromatic heterocycles. The number of ether oxygens (including phenoxy) is 1. The maximum atomic E-state index is 13.5. The number of hydrogen-bond acceptors (Lipinski definition) is 8. The quantitative estimate of drug-likeness (QED) is 0.479. The van der Waals surface area contributed by atoms with E-state index >= 15 is 0 Å². The van der Waals surface area contributed by atoms with Gasteiger partial charge in [-0.3, -0.25) is 9.78 Å². The number of rotatable bonds is 9. The van der Waals surface area contributed by atoms with Gasteiger partial charge >= 0.3 is 0 Å². The third-order valence-electron chi connectivity index (χ3n) is 8.78. The SMILES string of the molecule is O=C(NC1C[C@H]2CC[C@@H](C1)N2S(=O)(=O)CC1CCC(NCc2ccc(F)cn2)CC1)c1cc(C2COC2)on1. The molecule has 2 bridgehead atoms. The largest absolute Gasteiger partial charge is 0.380 e. The molecule has 5 heterocycles. The lowest BCUT2D eigenvalue weighted by molar-refractivity contribution is -0.00228. The fourth-order valence-electron chi connectivity index (χ4n) is 6.63. The topological polar surface area (TPSA) is 127 Å². The number of halogens is 1. The smallest absolute Gasteiger partial charge is 0.273 e. The van der Waals surface area contributed by atoms with Crippen molar-refractivity contribution in [1.29, 1.82) is 0 Å². The Morgan fingerprint density at radius 2 is 1.79 bits per heavy atom. The number of sulfonamides is 1. The molecule has 2 aromatic rings.